The van der Waals surface area contributed by atoms with Gasteiger partial charge >= 0.3 is 0 Å². The van der Waals surface area contributed by atoms with Crippen LogP contribution in [0.5, 0.6) is 0 Å². The van der Waals surface area contributed by atoms with Crippen LogP contribution in [-0.2, 0) is 47.4 Å². The molecule has 4 aliphatic carbocycles. The number of hydrogen-bond acceptors (Lipinski definition) is 21. The van der Waals surface area contributed by atoms with Gasteiger partial charge < -0.3 is 104 Å². The van der Waals surface area contributed by atoms with Crippen molar-refractivity contribution in [3.8, 4) is 0 Å². The monoisotopic (exact) mass is 1030 g/mol. The molecule has 21 heteroatoms. The molecule has 0 radical (unpaired) electrons. The average molecular weight is 1030 g/mol. The summed E-state index contributed by atoms with van der Waals surface area (Å²) in [5.41, 5.74) is 1.42. The first-order valence-electron chi connectivity index (χ1n) is 26.7. The Morgan fingerprint density at radius 2 is 1.18 bits per heavy atom. The van der Waals surface area contributed by atoms with E-state index in [2.05, 4.69) is 33.8 Å². The topological polar surface area (TPSA) is 315 Å². The minimum absolute atomic E-state index is 0.0607. The molecule has 0 aromatic rings. The third kappa shape index (κ3) is 9.09. The molecule has 6 aliphatic heterocycles. The number of allylic oxidation sites excluding steroid dienone is 1. The maximum atomic E-state index is 12.3. The lowest BCUT2D eigenvalue weighted by Crippen LogP contribution is -2.67. The van der Waals surface area contributed by atoms with Gasteiger partial charge in [0.15, 0.2) is 30.9 Å². The van der Waals surface area contributed by atoms with Crippen molar-refractivity contribution in [3.05, 3.63) is 11.6 Å². The first kappa shape index (κ1) is 54.3. The summed E-state index contributed by atoms with van der Waals surface area (Å²) in [7, 11) is 0. The molecule has 412 valence electrons. The summed E-state index contributed by atoms with van der Waals surface area (Å²) in [6, 6.07) is 0. The van der Waals surface area contributed by atoms with E-state index in [9.17, 15) is 56.2 Å². The molecule has 11 N–H and O–H groups in total. The van der Waals surface area contributed by atoms with Crippen molar-refractivity contribution in [2.24, 2.45) is 46.3 Å². The van der Waals surface area contributed by atoms with Crippen LogP contribution in [0.2, 0.25) is 0 Å². The van der Waals surface area contributed by atoms with E-state index in [1.54, 1.807) is 0 Å². The average Bonchev–Trinajstić information content (AvgIpc) is 3.81. The Morgan fingerprint density at radius 1 is 0.583 bits per heavy atom. The Balaban J connectivity index is 0.848. The van der Waals surface area contributed by atoms with Gasteiger partial charge in [0.05, 0.1) is 44.2 Å². The van der Waals surface area contributed by atoms with Crippen molar-refractivity contribution in [1.29, 1.82) is 0 Å². The fraction of sp³-hybridized carbons (Fsp3) is 0.961. The second-order valence-corrected chi connectivity index (χ2v) is 23.9. The van der Waals surface area contributed by atoms with Gasteiger partial charge in [-0.15, -0.1) is 0 Å². The molecule has 21 nitrogen and oxygen atoms in total. The van der Waals surface area contributed by atoms with E-state index in [1.807, 2.05) is 0 Å². The fourth-order valence-electron chi connectivity index (χ4n) is 15.5. The molecule has 0 aromatic heterocycles. The van der Waals surface area contributed by atoms with Crippen molar-refractivity contribution < 1.29 is 104 Å². The molecule has 6 heterocycles. The van der Waals surface area contributed by atoms with E-state index >= 15 is 0 Å². The molecule has 72 heavy (non-hydrogen) atoms. The van der Waals surface area contributed by atoms with E-state index < -0.39 is 148 Å². The van der Waals surface area contributed by atoms with Crippen LogP contribution >= 0.6 is 0 Å². The molecular weight excluding hydrogens is 949 g/mol. The number of fused-ring (bicyclic) bond motifs is 7. The molecule has 10 aliphatic rings. The zero-order chi connectivity index (χ0) is 51.5. The highest BCUT2D eigenvalue weighted by atomic mass is 16.8. The number of aliphatic hydroxyl groups excluding tert-OH is 11. The molecule has 0 amide bonds. The summed E-state index contributed by atoms with van der Waals surface area (Å²) in [4.78, 5) is 0. The van der Waals surface area contributed by atoms with Crippen LogP contribution in [0, 0.1) is 46.3 Å². The molecule has 9 fully saturated rings. The number of rotatable bonds is 10. The Labute approximate surface area is 420 Å². The summed E-state index contributed by atoms with van der Waals surface area (Å²) in [6.45, 7) is 11.7. The van der Waals surface area contributed by atoms with Crippen molar-refractivity contribution in [2.75, 3.05) is 19.8 Å². The summed E-state index contributed by atoms with van der Waals surface area (Å²) in [6.07, 6.45) is -21.2. The van der Waals surface area contributed by atoms with Gasteiger partial charge in [-0.1, -0.05) is 39.3 Å². The molecule has 3 saturated carbocycles. The molecule has 0 bridgehead atoms. The number of ether oxygens (including phenoxy) is 10. The van der Waals surface area contributed by atoms with E-state index in [4.69, 9.17) is 47.4 Å². The first-order valence-corrected chi connectivity index (χ1v) is 26.7. The second kappa shape index (κ2) is 20.6. The predicted molar refractivity (Wildman–Crippen MR) is 245 cm³/mol. The third-order valence-electron chi connectivity index (χ3n) is 19.8. The van der Waals surface area contributed by atoms with E-state index in [0.29, 0.717) is 48.3 Å². The molecule has 31 unspecified atom stereocenters. The third-order valence-corrected chi connectivity index (χ3v) is 19.8. The second-order valence-electron chi connectivity index (χ2n) is 23.9. The highest BCUT2D eigenvalue weighted by Gasteiger charge is 2.69. The Morgan fingerprint density at radius 3 is 1.86 bits per heavy atom. The van der Waals surface area contributed by atoms with Crippen LogP contribution in [0.4, 0.5) is 0 Å². The van der Waals surface area contributed by atoms with Gasteiger partial charge in [0.1, 0.15) is 85.5 Å². The highest BCUT2D eigenvalue weighted by molar-refractivity contribution is 5.26. The maximum Gasteiger partial charge on any atom is 0.187 e. The van der Waals surface area contributed by atoms with Crippen LogP contribution in [0.3, 0.4) is 0 Å². The SMILES string of the molecule is CC1CCC2(OC1)OC1CC3C4CC=C5CC(OC6OC(CO)C(OC7OC(C)C(O)C(OC8OC(CO)C(O)C(O)C8O)C7O)C(OC7OC(C)C(O)C(O)C7O)C6O)CCC5(C)C4CCC3(C)C1C2C. The standard InChI is InChI=1S/C51H82O21/c1-20-9-14-51(63-19-20)21(2)32-29(72-51)16-28-26-8-7-24-15-25(10-12-49(24,5)27(26)11-13-50(28,32)6)66-48-41(62)44(71-45-38(59)36(57)33(54)22(3)64-45)42(31(18-53)68-48)69-47-40(61)43(34(55)23(4)65-47)70-46-39(60)37(58)35(56)30(17-52)67-46/h7,20-23,25-48,52-62H,8-19H2,1-6H3. The van der Waals surface area contributed by atoms with Gasteiger partial charge in [-0.05, 0) is 106 Å². The van der Waals surface area contributed by atoms with Gasteiger partial charge in [-0.25, -0.2) is 0 Å². The first-order chi connectivity index (χ1) is 34.1. The smallest absolute Gasteiger partial charge is 0.187 e. The highest BCUT2D eigenvalue weighted by Crippen LogP contribution is 2.71. The van der Waals surface area contributed by atoms with Crippen LogP contribution in [0.1, 0.15) is 99.3 Å². The van der Waals surface area contributed by atoms with Crippen molar-refractivity contribution >= 4 is 0 Å². The maximum absolute atomic E-state index is 12.3. The van der Waals surface area contributed by atoms with Gasteiger partial charge in [-0.2, -0.15) is 0 Å². The lowest BCUT2D eigenvalue weighted by molar-refractivity contribution is -0.395. The summed E-state index contributed by atoms with van der Waals surface area (Å²) >= 11 is 0. The zero-order valence-corrected chi connectivity index (χ0v) is 42.2. The van der Waals surface area contributed by atoms with E-state index in [1.165, 1.54) is 19.4 Å². The number of hydrogen-bond donors (Lipinski definition) is 11. The summed E-state index contributed by atoms with van der Waals surface area (Å²) in [5, 5.41) is 119. The largest absolute Gasteiger partial charge is 0.394 e. The van der Waals surface area contributed by atoms with Gasteiger partial charge in [-0.3, -0.25) is 0 Å². The molecule has 10 rings (SSSR count). The fourth-order valence-corrected chi connectivity index (χ4v) is 15.5. The van der Waals surface area contributed by atoms with Gasteiger partial charge in [0, 0.05) is 12.3 Å². The molecule has 31 atom stereocenters. The van der Waals surface area contributed by atoms with Crippen LogP contribution in [-0.4, -0.2) is 217 Å². The Kier molecular flexibility index (Phi) is 15.5. The van der Waals surface area contributed by atoms with Crippen LogP contribution in [0.25, 0.3) is 0 Å². The molecule has 1 spiro atoms. The quantitative estimate of drug-likeness (QED) is 0.118. The van der Waals surface area contributed by atoms with Crippen molar-refractivity contribution in [3.63, 3.8) is 0 Å². The molecular formula is C51H82O21. The lowest BCUT2D eigenvalue weighted by Gasteiger charge is -2.58. The predicted octanol–water partition coefficient (Wildman–Crippen LogP) is -0.934. The Bertz CT molecular complexity index is 1900. The van der Waals surface area contributed by atoms with Crippen LogP contribution in [0.15, 0.2) is 11.6 Å². The van der Waals surface area contributed by atoms with E-state index in [-0.39, 0.29) is 16.9 Å². The van der Waals surface area contributed by atoms with E-state index in [0.717, 1.165) is 51.6 Å². The normalized spacial score (nSPS) is 57.8. The van der Waals surface area contributed by atoms with Gasteiger partial charge in [0.2, 0.25) is 0 Å². The van der Waals surface area contributed by atoms with Crippen LogP contribution < -0.4 is 0 Å². The zero-order valence-electron chi connectivity index (χ0n) is 42.2. The summed E-state index contributed by atoms with van der Waals surface area (Å²) < 4.78 is 62.0. The number of aliphatic hydroxyl groups is 11. The van der Waals surface area contributed by atoms with Crippen molar-refractivity contribution in [1.82, 2.24) is 0 Å². The minimum Gasteiger partial charge on any atom is -0.394 e. The van der Waals surface area contributed by atoms with Gasteiger partial charge in [0.25, 0.3) is 0 Å². The molecule has 0 aromatic carbocycles. The van der Waals surface area contributed by atoms with Crippen molar-refractivity contribution in [2.45, 2.75) is 240 Å². The summed E-state index contributed by atoms with van der Waals surface area (Å²) in [5.74, 6) is 2.43. The lowest BCUT2D eigenvalue weighted by atomic mass is 9.47. The minimum atomic E-state index is -1.90. The molecule has 6 saturated heterocycles. The Hall–Kier alpha value is -1.10.